The first-order valence-electron chi connectivity index (χ1n) is 7.34. The average molecular weight is 328 g/mol. The van der Waals surface area contributed by atoms with Crippen LogP contribution in [0.5, 0.6) is 5.75 Å². The lowest BCUT2D eigenvalue weighted by atomic mass is 10.1. The number of carbonyl (C=O) groups is 1. The van der Waals surface area contributed by atoms with Gasteiger partial charge in [0.1, 0.15) is 5.75 Å². The summed E-state index contributed by atoms with van der Waals surface area (Å²) in [5.74, 6) is 5.76. The highest BCUT2D eigenvalue weighted by Gasteiger charge is 2.20. The Morgan fingerprint density at radius 3 is 2.39 bits per heavy atom. The van der Waals surface area contributed by atoms with E-state index in [1.54, 1.807) is 7.11 Å². The zero-order chi connectivity index (χ0) is 16.7. The number of methoxy groups -OCH3 is 1. The van der Waals surface area contributed by atoms with Crippen LogP contribution in [0, 0.1) is 0 Å². The van der Waals surface area contributed by atoms with Crippen molar-refractivity contribution < 1.29 is 9.53 Å². The van der Waals surface area contributed by atoms with Crippen molar-refractivity contribution in [3.8, 4) is 5.75 Å². The number of hydrazone groups is 1. The van der Waals surface area contributed by atoms with Crippen LogP contribution in [0.15, 0.2) is 58.5 Å². The number of nitrogens with two attached hydrogens (primary N) is 1. The van der Waals surface area contributed by atoms with Crippen molar-refractivity contribution in [1.29, 1.82) is 0 Å². The molecule has 0 saturated carbocycles. The predicted octanol–water partition coefficient (Wildman–Crippen LogP) is 3.60. The molecule has 0 aromatic heterocycles. The van der Waals surface area contributed by atoms with E-state index in [2.05, 4.69) is 24.2 Å². The maximum absolute atomic E-state index is 12.3. The highest BCUT2D eigenvalue weighted by molar-refractivity contribution is 8.00. The van der Waals surface area contributed by atoms with E-state index in [1.165, 1.54) is 23.5 Å². The Morgan fingerprint density at radius 1 is 1.22 bits per heavy atom. The fourth-order valence-corrected chi connectivity index (χ4v) is 3.19. The second kappa shape index (κ2) is 8.39. The van der Waals surface area contributed by atoms with Gasteiger partial charge in [0.25, 0.3) is 0 Å². The van der Waals surface area contributed by atoms with E-state index in [0.29, 0.717) is 0 Å². The highest BCUT2D eigenvalue weighted by atomic mass is 32.2. The van der Waals surface area contributed by atoms with Crippen molar-refractivity contribution >= 4 is 23.8 Å². The smallest absolute Gasteiger partial charge is 0.193 e. The summed E-state index contributed by atoms with van der Waals surface area (Å²) in [4.78, 5) is 13.4. The first-order valence-corrected chi connectivity index (χ1v) is 8.22. The van der Waals surface area contributed by atoms with Gasteiger partial charge in [0, 0.05) is 4.90 Å². The quantitative estimate of drug-likeness (QED) is 0.365. The monoisotopic (exact) mass is 328 g/mol. The Labute approximate surface area is 140 Å². The molecule has 0 heterocycles. The molecule has 1 atom stereocenters. The van der Waals surface area contributed by atoms with Gasteiger partial charge in [-0.1, -0.05) is 31.2 Å². The Balaban J connectivity index is 2.27. The van der Waals surface area contributed by atoms with Gasteiger partial charge in [0.05, 0.1) is 18.6 Å². The Hall–Kier alpha value is -2.27. The van der Waals surface area contributed by atoms with Crippen molar-refractivity contribution in [1.82, 2.24) is 0 Å². The van der Waals surface area contributed by atoms with Gasteiger partial charge in [0.2, 0.25) is 0 Å². The number of Topliss-reactive ketones (excluding diaryl/α,β-unsaturated/α-hetero) is 1. The molecule has 2 N–H and O–H groups in total. The molecule has 0 saturated heterocycles. The normalized spacial score (nSPS) is 12.3. The molecule has 23 heavy (non-hydrogen) atoms. The first-order chi connectivity index (χ1) is 11.2. The zero-order valence-electron chi connectivity index (χ0n) is 13.2. The molecule has 0 aliphatic rings. The minimum Gasteiger partial charge on any atom is -0.497 e. The van der Waals surface area contributed by atoms with E-state index in [4.69, 9.17) is 10.6 Å². The van der Waals surface area contributed by atoms with E-state index in [1.807, 2.05) is 36.4 Å². The van der Waals surface area contributed by atoms with Crippen LogP contribution in [-0.2, 0) is 11.2 Å². The van der Waals surface area contributed by atoms with Gasteiger partial charge in [-0.05, 0) is 41.8 Å². The molecule has 0 bridgehead atoms. The third kappa shape index (κ3) is 4.60. The van der Waals surface area contributed by atoms with Gasteiger partial charge < -0.3 is 10.6 Å². The molecule has 120 valence electrons. The lowest BCUT2D eigenvalue weighted by Gasteiger charge is -2.14. The number of ether oxygens (including phenoxy) is 1. The predicted molar refractivity (Wildman–Crippen MR) is 95.1 cm³/mol. The lowest BCUT2D eigenvalue weighted by molar-refractivity contribution is -0.112. The summed E-state index contributed by atoms with van der Waals surface area (Å²) in [6, 6.07) is 15.7. The molecule has 4 nitrogen and oxygen atoms in total. The molecule has 0 aliphatic carbocycles. The number of rotatable bonds is 7. The minimum atomic E-state index is -0.388. The number of thioether (sulfide) groups is 1. The van der Waals surface area contributed by atoms with E-state index < -0.39 is 0 Å². The standard InChI is InChI=1S/C18H20N2O2S/c1-3-13-4-10-16(11-5-13)23-18(17(21)12-20-19)14-6-8-15(22-2)9-7-14/h4-12,18H,3,19H2,1-2H3. The second-order valence-corrected chi connectivity index (χ2v) is 6.13. The van der Waals surface area contributed by atoms with Gasteiger partial charge in [0.15, 0.2) is 5.78 Å². The molecule has 0 amide bonds. The summed E-state index contributed by atoms with van der Waals surface area (Å²) in [6.07, 6.45) is 2.16. The average Bonchev–Trinajstić information content (AvgIpc) is 2.60. The number of benzene rings is 2. The molecular weight excluding hydrogens is 308 g/mol. The Bertz CT molecular complexity index is 666. The number of nitrogens with zero attached hydrogens (tertiary/aromatic N) is 1. The molecule has 5 heteroatoms. The molecule has 2 rings (SSSR count). The third-order valence-corrected chi connectivity index (χ3v) is 4.75. The number of aryl methyl sites for hydroxylation is 1. The molecule has 0 radical (unpaired) electrons. The molecule has 2 aromatic rings. The van der Waals surface area contributed by atoms with Crippen LogP contribution < -0.4 is 10.6 Å². The maximum Gasteiger partial charge on any atom is 0.193 e. The third-order valence-electron chi connectivity index (χ3n) is 3.46. The lowest BCUT2D eigenvalue weighted by Crippen LogP contribution is -2.11. The van der Waals surface area contributed by atoms with Crippen molar-refractivity contribution in [2.24, 2.45) is 10.9 Å². The SMILES string of the molecule is CCc1ccc(SC(C(=O)C=NN)c2ccc(OC)cc2)cc1. The minimum absolute atomic E-state index is 0.137. The van der Waals surface area contributed by atoms with Crippen LogP contribution in [0.2, 0.25) is 0 Å². The Kier molecular flexibility index (Phi) is 6.23. The molecule has 0 spiro atoms. The number of ketones is 1. The van der Waals surface area contributed by atoms with Gasteiger partial charge >= 0.3 is 0 Å². The molecule has 1 unspecified atom stereocenters. The summed E-state index contributed by atoms with van der Waals surface area (Å²) in [7, 11) is 1.61. The summed E-state index contributed by atoms with van der Waals surface area (Å²) in [6.45, 7) is 2.11. The zero-order valence-corrected chi connectivity index (χ0v) is 14.0. The number of hydrogen-bond donors (Lipinski definition) is 1. The summed E-state index contributed by atoms with van der Waals surface area (Å²) in [5, 5.41) is 2.98. The van der Waals surface area contributed by atoms with Crippen molar-refractivity contribution in [2.45, 2.75) is 23.5 Å². The molecular formula is C18H20N2O2S. The van der Waals surface area contributed by atoms with Crippen molar-refractivity contribution in [2.75, 3.05) is 7.11 Å². The van der Waals surface area contributed by atoms with Crippen LogP contribution >= 0.6 is 11.8 Å². The van der Waals surface area contributed by atoms with E-state index in [9.17, 15) is 4.79 Å². The molecule has 0 fully saturated rings. The summed E-state index contributed by atoms with van der Waals surface area (Å²) < 4.78 is 5.16. The molecule has 0 aliphatic heterocycles. The van der Waals surface area contributed by atoms with E-state index in [0.717, 1.165) is 22.6 Å². The Morgan fingerprint density at radius 2 is 1.87 bits per heavy atom. The topological polar surface area (TPSA) is 64.7 Å². The van der Waals surface area contributed by atoms with Gasteiger partial charge in [-0.25, -0.2) is 0 Å². The highest BCUT2D eigenvalue weighted by Crippen LogP contribution is 2.36. The molecule has 2 aromatic carbocycles. The van der Waals surface area contributed by atoms with Crippen LogP contribution in [0.25, 0.3) is 0 Å². The van der Waals surface area contributed by atoms with E-state index in [-0.39, 0.29) is 11.0 Å². The first kappa shape index (κ1) is 17.1. The van der Waals surface area contributed by atoms with Crippen LogP contribution in [0.3, 0.4) is 0 Å². The van der Waals surface area contributed by atoms with Crippen molar-refractivity contribution in [3.63, 3.8) is 0 Å². The second-order valence-electron chi connectivity index (χ2n) is 4.95. The van der Waals surface area contributed by atoms with Gasteiger partial charge in [-0.3, -0.25) is 4.79 Å². The number of hydrogen-bond acceptors (Lipinski definition) is 5. The summed E-state index contributed by atoms with van der Waals surface area (Å²) in [5.41, 5.74) is 2.16. The fourth-order valence-electron chi connectivity index (χ4n) is 2.15. The van der Waals surface area contributed by atoms with Crippen LogP contribution in [0.4, 0.5) is 0 Å². The van der Waals surface area contributed by atoms with Gasteiger partial charge in [-0.2, -0.15) is 5.10 Å². The summed E-state index contributed by atoms with van der Waals surface area (Å²) >= 11 is 1.49. The van der Waals surface area contributed by atoms with E-state index >= 15 is 0 Å². The van der Waals surface area contributed by atoms with Crippen LogP contribution in [0.1, 0.15) is 23.3 Å². The van der Waals surface area contributed by atoms with Crippen molar-refractivity contribution in [3.05, 3.63) is 59.7 Å². The largest absolute Gasteiger partial charge is 0.497 e. The van der Waals surface area contributed by atoms with Gasteiger partial charge in [-0.15, -0.1) is 11.8 Å². The number of carbonyl (C=O) groups excluding carboxylic acids is 1. The maximum atomic E-state index is 12.3. The van der Waals surface area contributed by atoms with Crippen LogP contribution in [-0.4, -0.2) is 19.1 Å². The fraction of sp³-hybridized carbons (Fsp3) is 0.222.